The molecular weight excluding hydrogens is 319 g/mol. The van der Waals surface area contributed by atoms with Gasteiger partial charge in [0, 0.05) is 23.7 Å². The van der Waals surface area contributed by atoms with Crippen LogP contribution < -0.4 is 0 Å². The maximum Gasteiger partial charge on any atom is 0.131 e. The van der Waals surface area contributed by atoms with Gasteiger partial charge in [-0.25, -0.2) is 0 Å². The molecule has 2 aliphatic rings. The van der Waals surface area contributed by atoms with Crippen LogP contribution >= 0.6 is 24.0 Å². The van der Waals surface area contributed by atoms with E-state index in [1.165, 1.54) is 37.7 Å². The van der Waals surface area contributed by atoms with Crippen molar-refractivity contribution in [3.05, 3.63) is 34.9 Å². The topological polar surface area (TPSA) is 24.8 Å². The number of morpholine rings is 1. The zero-order chi connectivity index (χ0) is 14.5. The van der Waals surface area contributed by atoms with E-state index < -0.39 is 0 Å². The zero-order valence-electron chi connectivity index (χ0n) is 12.8. The SMILES string of the molecule is Cl.Clc1ccc(/C(=N/C2CCCCC2)N2CCOCC2)cc1. The molecule has 0 atom stereocenters. The van der Waals surface area contributed by atoms with Crippen molar-refractivity contribution in [2.24, 2.45) is 4.99 Å². The van der Waals surface area contributed by atoms with Gasteiger partial charge in [-0.05, 0) is 37.1 Å². The van der Waals surface area contributed by atoms with Crippen molar-refractivity contribution < 1.29 is 4.74 Å². The molecule has 1 aliphatic heterocycles. The standard InChI is InChI=1S/C17H23ClN2O.ClH/c18-15-8-6-14(7-9-15)17(20-10-12-21-13-11-20)19-16-4-2-1-3-5-16;/h6-9,16H,1-5,10-13H2;1H/b19-17-;. The minimum Gasteiger partial charge on any atom is -0.378 e. The van der Waals surface area contributed by atoms with Crippen LogP contribution in [0.2, 0.25) is 5.02 Å². The molecule has 3 rings (SSSR count). The van der Waals surface area contributed by atoms with Gasteiger partial charge in [-0.1, -0.05) is 30.9 Å². The second kappa shape index (κ2) is 8.76. The van der Waals surface area contributed by atoms with Crippen molar-refractivity contribution in [3.8, 4) is 0 Å². The van der Waals surface area contributed by atoms with Gasteiger partial charge in [0.2, 0.25) is 0 Å². The molecule has 0 N–H and O–H groups in total. The average Bonchev–Trinajstić information content (AvgIpc) is 2.55. The number of amidine groups is 1. The lowest BCUT2D eigenvalue weighted by Crippen LogP contribution is -2.41. The minimum atomic E-state index is 0. The van der Waals surface area contributed by atoms with Gasteiger partial charge in [-0.3, -0.25) is 4.99 Å². The maximum atomic E-state index is 6.02. The van der Waals surface area contributed by atoms with E-state index in [0.717, 1.165) is 37.2 Å². The average molecular weight is 343 g/mol. The van der Waals surface area contributed by atoms with Gasteiger partial charge in [-0.2, -0.15) is 0 Å². The Morgan fingerprint density at radius 2 is 1.68 bits per heavy atom. The lowest BCUT2D eigenvalue weighted by Gasteiger charge is -2.31. The zero-order valence-corrected chi connectivity index (χ0v) is 14.4. The molecule has 1 aliphatic carbocycles. The third kappa shape index (κ3) is 4.61. The number of ether oxygens (including phenoxy) is 1. The van der Waals surface area contributed by atoms with E-state index in [-0.39, 0.29) is 12.4 Å². The van der Waals surface area contributed by atoms with E-state index in [9.17, 15) is 0 Å². The first-order chi connectivity index (χ1) is 10.3. The first-order valence-corrected chi connectivity index (χ1v) is 8.37. The highest BCUT2D eigenvalue weighted by atomic mass is 35.5. The summed E-state index contributed by atoms with van der Waals surface area (Å²) in [4.78, 5) is 7.47. The Morgan fingerprint density at radius 1 is 1.05 bits per heavy atom. The summed E-state index contributed by atoms with van der Waals surface area (Å²) in [5.74, 6) is 1.13. The number of hydrogen-bond acceptors (Lipinski definition) is 2. The van der Waals surface area contributed by atoms with Gasteiger partial charge in [0.15, 0.2) is 0 Å². The summed E-state index contributed by atoms with van der Waals surface area (Å²) in [5, 5.41) is 0.776. The fourth-order valence-corrected chi connectivity index (χ4v) is 3.22. The second-order valence-electron chi connectivity index (χ2n) is 5.85. The number of hydrogen-bond donors (Lipinski definition) is 0. The van der Waals surface area contributed by atoms with E-state index in [4.69, 9.17) is 21.3 Å². The van der Waals surface area contributed by atoms with Crippen LogP contribution in [0.3, 0.4) is 0 Å². The maximum absolute atomic E-state index is 6.02. The van der Waals surface area contributed by atoms with Crippen molar-refractivity contribution in [3.63, 3.8) is 0 Å². The van der Waals surface area contributed by atoms with Gasteiger partial charge in [-0.15, -0.1) is 12.4 Å². The Balaban J connectivity index is 0.00000176. The van der Waals surface area contributed by atoms with Crippen molar-refractivity contribution in [2.75, 3.05) is 26.3 Å². The number of halogens is 2. The molecule has 1 saturated carbocycles. The summed E-state index contributed by atoms with van der Waals surface area (Å²) >= 11 is 6.02. The molecule has 122 valence electrons. The summed E-state index contributed by atoms with van der Waals surface area (Å²) < 4.78 is 5.48. The highest BCUT2D eigenvalue weighted by Crippen LogP contribution is 2.22. The fraction of sp³-hybridized carbons (Fsp3) is 0.588. The minimum absolute atomic E-state index is 0. The predicted molar refractivity (Wildman–Crippen MR) is 94.5 cm³/mol. The Labute approximate surface area is 144 Å². The number of aliphatic imine (C=N–C) groups is 1. The highest BCUT2D eigenvalue weighted by Gasteiger charge is 2.20. The largest absolute Gasteiger partial charge is 0.378 e. The molecule has 3 nitrogen and oxygen atoms in total. The Kier molecular flexibility index (Phi) is 7.00. The molecule has 1 aromatic rings. The predicted octanol–water partition coefficient (Wildman–Crippen LogP) is 4.17. The van der Waals surface area contributed by atoms with Crippen LogP contribution in [-0.4, -0.2) is 43.1 Å². The Bertz CT molecular complexity index is 478. The van der Waals surface area contributed by atoms with Crippen molar-refractivity contribution >= 4 is 29.8 Å². The third-order valence-electron chi connectivity index (χ3n) is 4.29. The normalized spacial score (nSPS) is 20.6. The van der Waals surface area contributed by atoms with Gasteiger partial charge >= 0.3 is 0 Å². The molecule has 1 saturated heterocycles. The molecule has 1 aromatic carbocycles. The smallest absolute Gasteiger partial charge is 0.131 e. The molecule has 22 heavy (non-hydrogen) atoms. The third-order valence-corrected chi connectivity index (χ3v) is 4.54. The van der Waals surface area contributed by atoms with E-state index in [1.807, 2.05) is 12.1 Å². The number of benzene rings is 1. The first kappa shape index (κ1) is 17.6. The van der Waals surface area contributed by atoms with E-state index in [0.29, 0.717) is 6.04 Å². The Hall–Kier alpha value is -0.770. The summed E-state index contributed by atoms with van der Waals surface area (Å²) in [6.07, 6.45) is 6.43. The molecule has 0 unspecified atom stereocenters. The molecule has 0 bridgehead atoms. The summed E-state index contributed by atoms with van der Waals surface area (Å²) in [7, 11) is 0. The molecular formula is C17H24Cl2N2O. The van der Waals surface area contributed by atoms with Crippen LogP contribution in [0.1, 0.15) is 37.7 Å². The van der Waals surface area contributed by atoms with Crippen LogP contribution in [0.5, 0.6) is 0 Å². The van der Waals surface area contributed by atoms with Crippen molar-refractivity contribution in [1.29, 1.82) is 0 Å². The molecule has 0 aromatic heterocycles. The van der Waals surface area contributed by atoms with Gasteiger partial charge in [0.25, 0.3) is 0 Å². The quantitative estimate of drug-likeness (QED) is 0.595. The monoisotopic (exact) mass is 342 g/mol. The first-order valence-electron chi connectivity index (χ1n) is 7.99. The molecule has 5 heteroatoms. The second-order valence-corrected chi connectivity index (χ2v) is 6.29. The molecule has 1 heterocycles. The van der Waals surface area contributed by atoms with Gasteiger partial charge in [0.1, 0.15) is 5.84 Å². The number of nitrogens with zero attached hydrogens (tertiary/aromatic N) is 2. The fourth-order valence-electron chi connectivity index (χ4n) is 3.10. The van der Waals surface area contributed by atoms with Crippen LogP contribution in [0.4, 0.5) is 0 Å². The van der Waals surface area contributed by atoms with Crippen LogP contribution in [0.25, 0.3) is 0 Å². The summed E-state index contributed by atoms with van der Waals surface area (Å²) in [6, 6.07) is 8.55. The molecule has 0 spiro atoms. The van der Waals surface area contributed by atoms with Crippen LogP contribution in [-0.2, 0) is 4.74 Å². The number of rotatable bonds is 2. The van der Waals surface area contributed by atoms with E-state index in [2.05, 4.69) is 17.0 Å². The lowest BCUT2D eigenvalue weighted by molar-refractivity contribution is 0.0680. The van der Waals surface area contributed by atoms with Crippen molar-refractivity contribution in [2.45, 2.75) is 38.1 Å². The molecule has 2 fully saturated rings. The van der Waals surface area contributed by atoms with E-state index >= 15 is 0 Å². The van der Waals surface area contributed by atoms with Gasteiger partial charge in [0.05, 0.1) is 19.3 Å². The summed E-state index contributed by atoms with van der Waals surface area (Å²) in [5.41, 5.74) is 1.17. The van der Waals surface area contributed by atoms with Crippen LogP contribution in [0, 0.1) is 0 Å². The van der Waals surface area contributed by atoms with Crippen molar-refractivity contribution in [1.82, 2.24) is 4.90 Å². The molecule has 0 radical (unpaired) electrons. The Morgan fingerprint density at radius 3 is 2.32 bits per heavy atom. The summed E-state index contributed by atoms with van der Waals surface area (Å²) in [6.45, 7) is 3.43. The highest BCUT2D eigenvalue weighted by molar-refractivity contribution is 6.30. The van der Waals surface area contributed by atoms with E-state index in [1.54, 1.807) is 0 Å². The van der Waals surface area contributed by atoms with Crippen LogP contribution in [0.15, 0.2) is 29.3 Å². The van der Waals surface area contributed by atoms with Gasteiger partial charge < -0.3 is 9.64 Å². The lowest BCUT2D eigenvalue weighted by atomic mass is 9.96. The molecule has 0 amide bonds.